The van der Waals surface area contributed by atoms with Crippen LogP contribution in [0.15, 0.2) is 42.5 Å². The van der Waals surface area contributed by atoms with Crippen LogP contribution in [0, 0.1) is 0 Å². The predicted molar refractivity (Wildman–Crippen MR) is 121 cm³/mol. The average molecular weight is 422 g/mol. The number of nitrogens with zero attached hydrogens (tertiary/aromatic N) is 1. The van der Waals surface area contributed by atoms with Crippen molar-refractivity contribution in [1.82, 2.24) is 20.8 Å². The maximum atomic E-state index is 12.7. The number of hydrogen-bond acceptors (Lipinski definition) is 4. The minimum atomic E-state index is -0.233. The van der Waals surface area contributed by atoms with Crippen LogP contribution in [0.3, 0.4) is 0 Å². The topological polar surface area (TPSA) is 90.0 Å². The van der Waals surface area contributed by atoms with Gasteiger partial charge in [-0.15, -0.1) is 0 Å². The molecule has 0 spiro atoms. The molecule has 6 nitrogen and oxygen atoms in total. The van der Waals surface area contributed by atoms with E-state index in [1.807, 2.05) is 18.2 Å². The van der Waals surface area contributed by atoms with Crippen LogP contribution in [0.5, 0.6) is 5.75 Å². The summed E-state index contributed by atoms with van der Waals surface area (Å²) in [5.41, 5.74) is 6.62. The van der Waals surface area contributed by atoms with Gasteiger partial charge < -0.3 is 15.7 Å². The number of hydrogen-bond donors (Lipinski definition) is 4. The zero-order valence-electron chi connectivity index (χ0n) is 16.7. The molecule has 0 atom stereocenters. The molecule has 4 N–H and O–H groups in total. The second-order valence-corrected chi connectivity index (χ2v) is 10.2. The van der Waals surface area contributed by atoms with Gasteiger partial charge >= 0.3 is 0 Å². The van der Waals surface area contributed by atoms with Crippen molar-refractivity contribution in [2.75, 3.05) is 36.9 Å². The number of aromatic hydroxyl groups is 1. The molecule has 0 radical (unpaired) electrons. The highest BCUT2D eigenvalue weighted by Crippen LogP contribution is 2.40. The Morgan fingerprint density at radius 2 is 2.00 bits per heavy atom. The maximum absolute atomic E-state index is 12.7. The van der Waals surface area contributed by atoms with Gasteiger partial charge in [0.1, 0.15) is 23.0 Å². The summed E-state index contributed by atoms with van der Waals surface area (Å²) in [7, 11) is 0.375. The number of amides is 1. The van der Waals surface area contributed by atoms with Gasteiger partial charge in [-0.3, -0.25) is 9.89 Å². The number of carbonyl (C=O) groups is 1. The summed E-state index contributed by atoms with van der Waals surface area (Å²) in [6, 6.07) is 13.5. The fourth-order valence-electron chi connectivity index (χ4n) is 4.24. The number of fused-ring (bicyclic) bond motifs is 3. The van der Waals surface area contributed by atoms with Crippen molar-refractivity contribution in [3.05, 3.63) is 59.2 Å². The van der Waals surface area contributed by atoms with Crippen LogP contribution in [0.4, 0.5) is 0 Å². The minimum absolute atomic E-state index is 0.00367. The number of H-pyrrole nitrogens is 1. The zero-order valence-corrected chi connectivity index (χ0v) is 17.5. The van der Waals surface area contributed by atoms with E-state index < -0.39 is 0 Å². The fourth-order valence-corrected chi connectivity index (χ4v) is 6.11. The van der Waals surface area contributed by atoms with Gasteiger partial charge in [-0.1, -0.05) is 24.3 Å². The first kappa shape index (κ1) is 19.2. The Hall–Kier alpha value is -2.77. The molecule has 2 aromatic carbocycles. The average Bonchev–Trinajstić information content (AvgIpc) is 3.34. The van der Waals surface area contributed by atoms with E-state index in [4.69, 9.17) is 0 Å². The number of aromatic nitrogens is 2. The quantitative estimate of drug-likeness (QED) is 0.372. The lowest BCUT2D eigenvalue weighted by atomic mass is 10.0. The molecule has 0 unspecified atom stereocenters. The summed E-state index contributed by atoms with van der Waals surface area (Å²) >= 11 is 0. The largest absolute Gasteiger partial charge is 0.507 e. The summed E-state index contributed by atoms with van der Waals surface area (Å²) in [4.78, 5) is 12.7. The van der Waals surface area contributed by atoms with E-state index in [-0.39, 0.29) is 11.7 Å². The summed E-state index contributed by atoms with van der Waals surface area (Å²) in [6.45, 7) is 2.77. The van der Waals surface area contributed by atoms with Gasteiger partial charge in [0.05, 0.1) is 23.5 Å². The molecular weight excluding hydrogens is 396 g/mol. The lowest BCUT2D eigenvalue weighted by Gasteiger charge is -2.15. The van der Waals surface area contributed by atoms with E-state index in [0.717, 1.165) is 47.8 Å². The summed E-state index contributed by atoms with van der Waals surface area (Å²) in [6.07, 6.45) is 0.816. The van der Waals surface area contributed by atoms with Crippen molar-refractivity contribution < 1.29 is 9.90 Å². The SMILES string of the molecule is O=C(NCC[S+]1CCNCC1)c1cc(-c2n[nH]c3c2Cc2ccccc2-3)ccc1O. The molecule has 1 fully saturated rings. The summed E-state index contributed by atoms with van der Waals surface area (Å²) < 4.78 is 0. The highest BCUT2D eigenvalue weighted by atomic mass is 32.2. The molecule has 1 aliphatic carbocycles. The lowest BCUT2D eigenvalue weighted by Crippen LogP contribution is -2.40. The smallest absolute Gasteiger partial charge is 0.255 e. The Balaban J connectivity index is 1.33. The monoisotopic (exact) mass is 421 g/mol. The van der Waals surface area contributed by atoms with Gasteiger partial charge in [-0.25, -0.2) is 0 Å². The van der Waals surface area contributed by atoms with Crippen LogP contribution < -0.4 is 10.6 Å². The molecule has 1 amide bonds. The lowest BCUT2D eigenvalue weighted by molar-refractivity contribution is 0.0953. The van der Waals surface area contributed by atoms with E-state index in [1.54, 1.807) is 12.1 Å². The number of rotatable bonds is 5. The third kappa shape index (κ3) is 3.59. The van der Waals surface area contributed by atoms with Crippen LogP contribution in [-0.4, -0.2) is 58.1 Å². The molecule has 30 heavy (non-hydrogen) atoms. The van der Waals surface area contributed by atoms with Crippen molar-refractivity contribution in [3.8, 4) is 28.3 Å². The Labute approximate surface area is 178 Å². The number of phenols is 1. The van der Waals surface area contributed by atoms with Crippen LogP contribution in [-0.2, 0) is 17.3 Å². The molecule has 1 aromatic heterocycles. The number of phenolic OH excluding ortho intramolecular Hbond substituents is 1. The molecule has 0 bridgehead atoms. The first-order valence-electron chi connectivity index (χ1n) is 10.3. The van der Waals surface area contributed by atoms with E-state index in [9.17, 15) is 9.90 Å². The first-order chi connectivity index (χ1) is 14.7. The van der Waals surface area contributed by atoms with Crippen molar-refractivity contribution >= 4 is 16.8 Å². The van der Waals surface area contributed by atoms with Crippen molar-refractivity contribution in [3.63, 3.8) is 0 Å². The summed E-state index contributed by atoms with van der Waals surface area (Å²) in [5, 5.41) is 24.3. The fraction of sp³-hybridized carbons (Fsp3) is 0.304. The molecule has 2 heterocycles. The molecule has 5 rings (SSSR count). The van der Waals surface area contributed by atoms with Gasteiger partial charge in [0.25, 0.3) is 5.91 Å². The molecule has 2 aliphatic rings. The highest BCUT2D eigenvalue weighted by molar-refractivity contribution is 7.96. The maximum Gasteiger partial charge on any atom is 0.255 e. The summed E-state index contributed by atoms with van der Waals surface area (Å²) in [5.74, 6) is 3.13. The highest BCUT2D eigenvalue weighted by Gasteiger charge is 2.26. The molecule has 1 saturated heterocycles. The predicted octanol–water partition coefficient (Wildman–Crippen LogP) is 2.30. The minimum Gasteiger partial charge on any atom is -0.507 e. The van der Waals surface area contributed by atoms with Crippen LogP contribution in [0.25, 0.3) is 22.5 Å². The van der Waals surface area contributed by atoms with Crippen molar-refractivity contribution in [2.24, 2.45) is 0 Å². The molecule has 7 heteroatoms. The molecule has 154 valence electrons. The molecule has 0 saturated carbocycles. The van der Waals surface area contributed by atoms with Crippen molar-refractivity contribution in [1.29, 1.82) is 0 Å². The van der Waals surface area contributed by atoms with Gasteiger partial charge in [0.2, 0.25) is 0 Å². The van der Waals surface area contributed by atoms with Gasteiger partial charge in [-0.2, -0.15) is 5.10 Å². The van der Waals surface area contributed by atoms with Crippen LogP contribution >= 0.6 is 0 Å². The Morgan fingerprint density at radius 1 is 1.17 bits per heavy atom. The standard InChI is InChI=1S/C23H24N4O2S/c28-20-6-5-16(14-18(20)23(29)25-9-12-30-10-7-24-8-11-30)21-19-13-15-3-1-2-4-17(15)22(19)27-26-21/h1-6,14,24H,7-13H2,(H2-,25,26,27,28,29)/p+1. The normalized spacial score (nSPS) is 15.6. The Kier molecular flexibility index (Phi) is 5.23. The number of benzene rings is 2. The number of carbonyl (C=O) groups excluding carboxylic acids is 1. The molecule has 1 aliphatic heterocycles. The molecule has 3 aromatic rings. The second-order valence-electron chi connectivity index (χ2n) is 7.72. The second kappa shape index (κ2) is 8.16. The van der Waals surface area contributed by atoms with E-state index >= 15 is 0 Å². The van der Waals surface area contributed by atoms with Crippen LogP contribution in [0.1, 0.15) is 21.5 Å². The molecular formula is C23H25N4O2S+. The van der Waals surface area contributed by atoms with E-state index in [1.165, 1.54) is 22.6 Å². The van der Waals surface area contributed by atoms with Gasteiger partial charge in [-0.05, 0) is 34.7 Å². The van der Waals surface area contributed by atoms with Crippen LogP contribution in [0.2, 0.25) is 0 Å². The third-order valence-corrected chi connectivity index (χ3v) is 8.19. The Bertz CT molecular complexity index is 1090. The zero-order chi connectivity index (χ0) is 20.5. The number of aromatic amines is 1. The van der Waals surface area contributed by atoms with Gasteiger partial charge in [0.15, 0.2) is 0 Å². The Morgan fingerprint density at radius 3 is 2.87 bits per heavy atom. The van der Waals surface area contributed by atoms with E-state index in [2.05, 4.69) is 33.0 Å². The van der Waals surface area contributed by atoms with Crippen molar-refractivity contribution in [2.45, 2.75) is 6.42 Å². The third-order valence-electron chi connectivity index (χ3n) is 5.85. The van der Waals surface area contributed by atoms with E-state index in [0.29, 0.717) is 23.0 Å². The number of nitrogens with one attached hydrogen (secondary N) is 3. The van der Waals surface area contributed by atoms with Gasteiger partial charge in [0, 0.05) is 36.2 Å². The first-order valence-corrected chi connectivity index (χ1v) is 12.1.